The summed E-state index contributed by atoms with van der Waals surface area (Å²) in [5, 5.41) is 14.7. The smallest absolute Gasteiger partial charge is 0.407 e. The molecule has 3 N–H and O–H groups in total. The molecular formula is C26H33N3O5. The van der Waals surface area contributed by atoms with Crippen LogP contribution >= 0.6 is 0 Å². The molecule has 0 saturated heterocycles. The van der Waals surface area contributed by atoms with Gasteiger partial charge in [0.2, 0.25) is 5.91 Å². The van der Waals surface area contributed by atoms with E-state index in [1.54, 1.807) is 25.9 Å². The number of carbonyl (C=O) groups is 3. The third-order valence-electron chi connectivity index (χ3n) is 6.28. The molecule has 0 radical (unpaired) electrons. The summed E-state index contributed by atoms with van der Waals surface area (Å²) in [4.78, 5) is 38.9. The van der Waals surface area contributed by atoms with Crippen LogP contribution in [0.4, 0.5) is 4.79 Å². The van der Waals surface area contributed by atoms with Crippen molar-refractivity contribution in [3.8, 4) is 11.1 Å². The average molecular weight is 468 g/mol. The monoisotopic (exact) mass is 467 g/mol. The number of carbonyl (C=O) groups excluding carboxylic acids is 2. The maximum Gasteiger partial charge on any atom is 0.407 e. The van der Waals surface area contributed by atoms with E-state index in [1.807, 2.05) is 43.3 Å². The zero-order valence-electron chi connectivity index (χ0n) is 20.1. The van der Waals surface area contributed by atoms with Crippen molar-refractivity contribution >= 4 is 18.0 Å². The minimum absolute atomic E-state index is 0.0962. The van der Waals surface area contributed by atoms with E-state index in [4.69, 9.17) is 4.74 Å². The molecule has 0 spiro atoms. The summed E-state index contributed by atoms with van der Waals surface area (Å²) in [7, 11) is 3.53. The Balaban J connectivity index is 1.67. The predicted octanol–water partition coefficient (Wildman–Crippen LogP) is 3.07. The SMILES string of the molecule is CCC(C)C(NC(=O)C(CN(C)C)NC(=O)OCC1c2ccccc2-c2ccccc21)C(=O)O. The molecule has 182 valence electrons. The number of likely N-dealkylation sites (N-methyl/N-ethyl adjacent to an activating group) is 1. The van der Waals surface area contributed by atoms with Crippen molar-refractivity contribution in [3.63, 3.8) is 0 Å². The Labute approximate surface area is 200 Å². The normalized spacial score (nSPS) is 15.1. The number of rotatable bonds is 10. The van der Waals surface area contributed by atoms with Gasteiger partial charge in [-0.15, -0.1) is 0 Å². The molecule has 8 heteroatoms. The summed E-state index contributed by atoms with van der Waals surface area (Å²) in [5.41, 5.74) is 4.44. The molecule has 3 unspecified atom stereocenters. The summed E-state index contributed by atoms with van der Waals surface area (Å²) in [6, 6.07) is 14.1. The Kier molecular flexibility index (Phi) is 8.28. The van der Waals surface area contributed by atoms with Gasteiger partial charge in [-0.2, -0.15) is 0 Å². The quantitative estimate of drug-likeness (QED) is 0.496. The molecule has 34 heavy (non-hydrogen) atoms. The molecule has 3 rings (SSSR count). The van der Waals surface area contributed by atoms with Gasteiger partial charge in [0, 0.05) is 12.5 Å². The Morgan fingerprint density at radius 1 is 1.00 bits per heavy atom. The second-order valence-electron chi connectivity index (χ2n) is 8.99. The zero-order valence-corrected chi connectivity index (χ0v) is 20.1. The number of nitrogens with one attached hydrogen (secondary N) is 2. The molecule has 0 aromatic heterocycles. The van der Waals surface area contributed by atoms with Crippen LogP contribution in [-0.2, 0) is 14.3 Å². The van der Waals surface area contributed by atoms with Crippen molar-refractivity contribution in [2.75, 3.05) is 27.2 Å². The second-order valence-corrected chi connectivity index (χ2v) is 8.99. The van der Waals surface area contributed by atoms with Crippen LogP contribution in [0.3, 0.4) is 0 Å². The van der Waals surface area contributed by atoms with Crippen molar-refractivity contribution in [1.82, 2.24) is 15.5 Å². The first-order valence-electron chi connectivity index (χ1n) is 11.5. The number of ether oxygens (including phenoxy) is 1. The Bertz CT molecular complexity index is 993. The van der Waals surface area contributed by atoms with Crippen molar-refractivity contribution in [2.45, 2.75) is 38.3 Å². The van der Waals surface area contributed by atoms with Gasteiger partial charge in [-0.05, 0) is 42.3 Å². The van der Waals surface area contributed by atoms with Gasteiger partial charge < -0.3 is 25.4 Å². The predicted molar refractivity (Wildman–Crippen MR) is 130 cm³/mol. The molecule has 0 heterocycles. The van der Waals surface area contributed by atoms with E-state index >= 15 is 0 Å². The molecule has 0 saturated carbocycles. The lowest BCUT2D eigenvalue weighted by Gasteiger charge is -2.26. The van der Waals surface area contributed by atoms with Gasteiger partial charge in [-0.25, -0.2) is 9.59 Å². The van der Waals surface area contributed by atoms with E-state index in [9.17, 15) is 19.5 Å². The standard InChI is InChI=1S/C26H33N3O5/c1-5-16(2)23(25(31)32)28-24(30)22(14-29(3)4)27-26(33)34-15-21-19-12-8-6-10-17(19)18-11-7-9-13-20(18)21/h6-13,16,21-23H,5,14-15H2,1-4H3,(H,27,33)(H,28,30)(H,31,32). The molecular weight excluding hydrogens is 434 g/mol. The van der Waals surface area contributed by atoms with Gasteiger partial charge in [0.1, 0.15) is 18.7 Å². The van der Waals surface area contributed by atoms with Crippen LogP contribution in [0, 0.1) is 5.92 Å². The minimum Gasteiger partial charge on any atom is -0.480 e. The highest BCUT2D eigenvalue weighted by Crippen LogP contribution is 2.44. The van der Waals surface area contributed by atoms with Crippen LogP contribution in [0.15, 0.2) is 48.5 Å². The van der Waals surface area contributed by atoms with Crippen LogP contribution < -0.4 is 10.6 Å². The average Bonchev–Trinajstić information content (AvgIpc) is 3.13. The van der Waals surface area contributed by atoms with Gasteiger partial charge in [-0.3, -0.25) is 4.79 Å². The number of benzene rings is 2. The number of hydrogen-bond donors (Lipinski definition) is 3. The van der Waals surface area contributed by atoms with Gasteiger partial charge in [0.15, 0.2) is 0 Å². The third-order valence-corrected chi connectivity index (χ3v) is 6.28. The fourth-order valence-corrected chi connectivity index (χ4v) is 4.28. The molecule has 1 aliphatic carbocycles. The first kappa shape index (κ1) is 25.2. The fraction of sp³-hybridized carbons (Fsp3) is 0.423. The van der Waals surface area contributed by atoms with Crippen molar-refractivity contribution in [1.29, 1.82) is 0 Å². The highest BCUT2D eigenvalue weighted by atomic mass is 16.5. The maximum absolute atomic E-state index is 12.9. The number of fused-ring (bicyclic) bond motifs is 3. The minimum atomic E-state index is -1.10. The summed E-state index contributed by atoms with van der Waals surface area (Å²) in [6.07, 6.45) is -0.130. The zero-order chi connectivity index (χ0) is 24.8. The molecule has 3 atom stereocenters. The van der Waals surface area contributed by atoms with Crippen LogP contribution in [0.1, 0.15) is 37.3 Å². The number of carboxylic acids is 1. The Morgan fingerprint density at radius 2 is 1.56 bits per heavy atom. The lowest BCUT2D eigenvalue weighted by atomic mass is 9.98. The van der Waals surface area contributed by atoms with E-state index in [-0.39, 0.29) is 25.0 Å². The van der Waals surface area contributed by atoms with Crippen molar-refractivity contribution < 1.29 is 24.2 Å². The first-order valence-corrected chi connectivity index (χ1v) is 11.5. The number of aliphatic carboxylic acids is 1. The van der Waals surface area contributed by atoms with Crippen molar-refractivity contribution in [3.05, 3.63) is 59.7 Å². The van der Waals surface area contributed by atoms with Gasteiger partial charge in [-0.1, -0.05) is 68.8 Å². The number of hydrogen-bond acceptors (Lipinski definition) is 5. The summed E-state index contributed by atoms with van der Waals surface area (Å²) in [5.74, 6) is -2.01. The Morgan fingerprint density at radius 3 is 2.06 bits per heavy atom. The largest absolute Gasteiger partial charge is 0.480 e. The van der Waals surface area contributed by atoms with Gasteiger partial charge in [0.05, 0.1) is 0 Å². The third kappa shape index (κ3) is 5.75. The number of carboxylic acid groups (broad SMARTS) is 1. The highest BCUT2D eigenvalue weighted by molar-refractivity contribution is 5.89. The molecule has 8 nitrogen and oxygen atoms in total. The first-order chi connectivity index (χ1) is 16.2. The molecule has 0 fully saturated rings. The van der Waals surface area contributed by atoms with E-state index < -0.39 is 30.1 Å². The molecule has 1 aliphatic rings. The molecule has 2 aromatic rings. The summed E-state index contributed by atoms with van der Waals surface area (Å²) in [6.45, 7) is 3.95. The highest BCUT2D eigenvalue weighted by Gasteiger charge is 2.32. The van der Waals surface area contributed by atoms with Crippen LogP contribution in [0.2, 0.25) is 0 Å². The van der Waals surface area contributed by atoms with Gasteiger partial charge >= 0.3 is 12.1 Å². The molecule has 2 aromatic carbocycles. The number of alkyl carbamates (subject to hydrolysis) is 1. The van der Waals surface area contributed by atoms with Crippen molar-refractivity contribution in [2.24, 2.45) is 5.92 Å². The topological polar surface area (TPSA) is 108 Å². The molecule has 0 bridgehead atoms. The fourth-order valence-electron chi connectivity index (χ4n) is 4.28. The van der Waals surface area contributed by atoms with Gasteiger partial charge in [0.25, 0.3) is 0 Å². The number of nitrogens with zero attached hydrogens (tertiary/aromatic N) is 1. The number of amides is 2. The van der Waals surface area contributed by atoms with Crippen LogP contribution in [0.25, 0.3) is 11.1 Å². The van der Waals surface area contributed by atoms with E-state index in [0.717, 1.165) is 22.3 Å². The van der Waals surface area contributed by atoms with Crippen LogP contribution in [-0.4, -0.2) is 67.3 Å². The Hall–Kier alpha value is -3.39. The molecule has 2 amide bonds. The summed E-state index contributed by atoms with van der Waals surface area (Å²) < 4.78 is 5.56. The lowest BCUT2D eigenvalue weighted by Crippen LogP contribution is -2.56. The summed E-state index contributed by atoms with van der Waals surface area (Å²) >= 11 is 0. The second kappa shape index (κ2) is 11.2. The molecule has 0 aliphatic heterocycles. The van der Waals surface area contributed by atoms with E-state index in [2.05, 4.69) is 22.8 Å². The van der Waals surface area contributed by atoms with E-state index in [1.165, 1.54) is 0 Å². The maximum atomic E-state index is 12.9. The lowest BCUT2D eigenvalue weighted by molar-refractivity contribution is -0.143. The van der Waals surface area contributed by atoms with Crippen LogP contribution in [0.5, 0.6) is 0 Å². The van der Waals surface area contributed by atoms with E-state index in [0.29, 0.717) is 6.42 Å².